The highest BCUT2D eigenvalue weighted by Crippen LogP contribution is 2.17. The highest BCUT2D eigenvalue weighted by Gasteiger charge is 2.26. The number of nitrogens with two attached hydrogens (primary N) is 1. The summed E-state index contributed by atoms with van der Waals surface area (Å²) in [5, 5.41) is 3.70. The molecule has 0 radical (unpaired) electrons. The maximum absolute atomic E-state index is 12.1. The maximum Gasteiger partial charge on any atom is 0.241 e. The summed E-state index contributed by atoms with van der Waals surface area (Å²) < 4.78 is 0. The first-order valence-corrected chi connectivity index (χ1v) is 7.00. The minimum atomic E-state index is -0.326. The standard InChI is InChI=1S/C14H18ClN3O2/c15-11-3-5-12(6-4-11)17-8-13(19)18-7-1-2-10(9-18)14(16)20/h3-6,10,17H,1-2,7-9H2,(H2,16,20)/t10-/m0/s1. The van der Waals surface area contributed by atoms with Gasteiger partial charge in [-0.25, -0.2) is 0 Å². The Bertz CT molecular complexity index is 490. The van der Waals surface area contributed by atoms with Gasteiger partial charge in [0.05, 0.1) is 12.5 Å². The first-order chi connectivity index (χ1) is 9.56. The minimum Gasteiger partial charge on any atom is -0.376 e. The van der Waals surface area contributed by atoms with E-state index >= 15 is 0 Å². The Morgan fingerprint density at radius 2 is 2.05 bits per heavy atom. The second kappa shape index (κ2) is 6.61. The molecule has 0 unspecified atom stereocenters. The van der Waals surface area contributed by atoms with Crippen LogP contribution in [0.3, 0.4) is 0 Å². The van der Waals surface area contributed by atoms with Gasteiger partial charge in [0.15, 0.2) is 0 Å². The second-order valence-corrected chi connectivity index (χ2v) is 5.38. The number of primary amides is 1. The van der Waals surface area contributed by atoms with E-state index < -0.39 is 0 Å². The van der Waals surface area contributed by atoms with Crippen LogP contribution in [-0.4, -0.2) is 36.3 Å². The number of carbonyl (C=O) groups is 2. The summed E-state index contributed by atoms with van der Waals surface area (Å²) in [6.45, 7) is 1.31. The van der Waals surface area contributed by atoms with Gasteiger partial charge in [0.1, 0.15) is 0 Å². The molecule has 1 aromatic rings. The van der Waals surface area contributed by atoms with Crippen LogP contribution in [0, 0.1) is 5.92 Å². The van der Waals surface area contributed by atoms with Crippen LogP contribution < -0.4 is 11.1 Å². The largest absolute Gasteiger partial charge is 0.376 e. The van der Waals surface area contributed by atoms with Crippen molar-refractivity contribution in [2.24, 2.45) is 11.7 Å². The fourth-order valence-electron chi connectivity index (χ4n) is 2.29. The van der Waals surface area contributed by atoms with E-state index in [1.807, 2.05) is 12.1 Å². The fourth-order valence-corrected chi connectivity index (χ4v) is 2.42. The molecule has 1 aliphatic rings. The fraction of sp³-hybridized carbons (Fsp3) is 0.429. The number of benzene rings is 1. The zero-order chi connectivity index (χ0) is 14.5. The van der Waals surface area contributed by atoms with E-state index in [-0.39, 0.29) is 24.3 Å². The van der Waals surface area contributed by atoms with Gasteiger partial charge in [0.2, 0.25) is 11.8 Å². The maximum atomic E-state index is 12.1. The topological polar surface area (TPSA) is 75.4 Å². The Balaban J connectivity index is 1.85. The third-order valence-electron chi connectivity index (χ3n) is 3.46. The molecule has 20 heavy (non-hydrogen) atoms. The van der Waals surface area contributed by atoms with Gasteiger partial charge in [0.25, 0.3) is 0 Å². The van der Waals surface area contributed by atoms with Crippen molar-refractivity contribution in [1.29, 1.82) is 0 Å². The van der Waals surface area contributed by atoms with Crippen molar-refractivity contribution in [3.63, 3.8) is 0 Å². The molecule has 1 fully saturated rings. The van der Waals surface area contributed by atoms with Crippen LogP contribution in [0.1, 0.15) is 12.8 Å². The van der Waals surface area contributed by atoms with E-state index in [4.69, 9.17) is 17.3 Å². The van der Waals surface area contributed by atoms with Crippen LogP contribution in [-0.2, 0) is 9.59 Å². The highest BCUT2D eigenvalue weighted by molar-refractivity contribution is 6.30. The highest BCUT2D eigenvalue weighted by atomic mass is 35.5. The van der Waals surface area contributed by atoms with E-state index in [1.54, 1.807) is 17.0 Å². The van der Waals surface area contributed by atoms with Crippen LogP contribution in [0.2, 0.25) is 5.02 Å². The molecule has 3 N–H and O–H groups in total. The van der Waals surface area contributed by atoms with Gasteiger partial charge in [-0.1, -0.05) is 11.6 Å². The molecule has 1 aliphatic heterocycles. The van der Waals surface area contributed by atoms with Gasteiger partial charge in [-0.15, -0.1) is 0 Å². The van der Waals surface area contributed by atoms with Crippen LogP contribution in [0.5, 0.6) is 0 Å². The lowest BCUT2D eigenvalue weighted by atomic mass is 9.97. The summed E-state index contributed by atoms with van der Waals surface area (Å²) in [5.74, 6) is -0.567. The molecule has 0 aliphatic carbocycles. The number of amides is 2. The monoisotopic (exact) mass is 295 g/mol. The van der Waals surface area contributed by atoms with Crippen molar-refractivity contribution >= 4 is 29.1 Å². The lowest BCUT2D eigenvalue weighted by Crippen LogP contribution is -2.45. The smallest absolute Gasteiger partial charge is 0.241 e. The Labute approximate surface area is 123 Å². The van der Waals surface area contributed by atoms with E-state index in [2.05, 4.69) is 5.32 Å². The van der Waals surface area contributed by atoms with Crippen molar-refractivity contribution < 1.29 is 9.59 Å². The number of carbonyl (C=O) groups excluding carboxylic acids is 2. The molecule has 1 heterocycles. The first-order valence-electron chi connectivity index (χ1n) is 6.63. The van der Waals surface area contributed by atoms with Crippen molar-refractivity contribution in [1.82, 2.24) is 4.90 Å². The zero-order valence-corrected chi connectivity index (χ0v) is 11.9. The molecule has 0 bridgehead atoms. The average molecular weight is 296 g/mol. The zero-order valence-electron chi connectivity index (χ0n) is 11.1. The Morgan fingerprint density at radius 1 is 1.35 bits per heavy atom. The minimum absolute atomic E-state index is 0.0223. The second-order valence-electron chi connectivity index (χ2n) is 4.94. The molecule has 0 aromatic heterocycles. The number of likely N-dealkylation sites (tertiary alicyclic amines) is 1. The average Bonchev–Trinajstić information content (AvgIpc) is 2.46. The molecule has 108 valence electrons. The van der Waals surface area contributed by atoms with E-state index in [0.717, 1.165) is 18.5 Å². The third kappa shape index (κ3) is 3.87. The molecule has 6 heteroatoms. The van der Waals surface area contributed by atoms with Crippen molar-refractivity contribution in [2.75, 3.05) is 25.0 Å². The van der Waals surface area contributed by atoms with Crippen LogP contribution in [0.15, 0.2) is 24.3 Å². The van der Waals surface area contributed by atoms with Crippen LogP contribution >= 0.6 is 11.6 Å². The quantitative estimate of drug-likeness (QED) is 0.883. The number of anilines is 1. The molecule has 0 spiro atoms. The molecular weight excluding hydrogens is 278 g/mol. The molecule has 5 nitrogen and oxygen atoms in total. The van der Waals surface area contributed by atoms with Gasteiger partial charge in [-0.3, -0.25) is 9.59 Å². The number of nitrogens with zero attached hydrogens (tertiary/aromatic N) is 1. The van der Waals surface area contributed by atoms with Gasteiger partial charge in [-0.2, -0.15) is 0 Å². The molecule has 1 aromatic carbocycles. The van der Waals surface area contributed by atoms with Gasteiger partial charge in [0, 0.05) is 23.8 Å². The summed E-state index contributed by atoms with van der Waals surface area (Å²) in [4.78, 5) is 25.0. The number of piperidine rings is 1. The predicted octanol–water partition coefficient (Wildman–Crippen LogP) is 1.48. The van der Waals surface area contributed by atoms with Crippen LogP contribution in [0.4, 0.5) is 5.69 Å². The lowest BCUT2D eigenvalue weighted by Gasteiger charge is -2.31. The van der Waals surface area contributed by atoms with Gasteiger partial charge < -0.3 is 16.0 Å². The van der Waals surface area contributed by atoms with Crippen molar-refractivity contribution in [2.45, 2.75) is 12.8 Å². The summed E-state index contributed by atoms with van der Waals surface area (Å²) in [6.07, 6.45) is 1.59. The summed E-state index contributed by atoms with van der Waals surface area (Å²) in [6, 6.07) is 7.16. The van der Waals surface area contributed by atoms with E-state index in [1.165, 1.54) is 0 Å². The normalized spacial score (nSPS) is 18.6. The van der Waals surface area contributed by atoms with Crippen molar-refractivity contribution in [3.8, 4) is 0 Å². The number of halogens is 1. The van der Waals surface area contributed by atoms with Gasteiger partial charge in [-0.05, 0) is 37.1 Å². The molecule has 2 amide bonds. The molecule has 0 saturated carbocycles. The lowest BCUT2D eigenvalue weighted by molar-refractivity contribution is -0.133. The molecule has 1 atom stereocenters. The SMILES string of the molecule is NC(=O)[C@H]1CCCN(C(=O)CNc2ccc(Cl)cc2)C1. The summed E-state index contributed by atoms with van der Waals surface area (Å²) in [5.41, 5.74) is 6.14. The number of nitrogens with one attached hydrogen (secondary N) is 1. The summed E-state index contributed by atoms with van der Waals surface area (Å²) >= 11 is 5.80. The van der Waals surface area contributed by atoms with E-state index in [0.29, 0.717) is 18.1 Å². The number of hydrogen-bond donors (Lipinski definition) is 2. The first kappa shape index (κ1) is 14.7. The summed E-state index contributed by atoms with van der Waals surface area (Å²) in [7, 11) is 0. The molecule has 1 saturated heterocycles. The Hall–Kier alpha value is -1.75. The molecule has 2 rings (SSSR count). The van der Waals surface area contributed by atoms with E-state index in [9.17, 15) is 9.59 Å². The van der Waals surface area contributed by atoms with Gasteiger partial charge >= 0.3 is 0 Å². The Kier molecular flexibility index (Phi) is 4.84. The van der Waals surface area contributed by atoms with Crippen molar-refractivity contribution in [3.05, 3.63) is 29.3 Å². The molecular formula is C14H18ClN3O2. The predicted molar refractivity (Wildman–Crippen MR) is 78.4 cm³/mol. The number of rotatable bonds is 4. The number of hydrogen-bond acceptors (Lipinski definition) is 3. The Morgan fingerprint density at radius 3 is 2.70 bits per heavy atom. The third-order valence-corrected chi connectivity index (χ3v) is 3.72. The van der Waals surface area contributed by atoms with Crippen LogP contribution in [0.25, 0.3) is 0 Å².